The lowest BCUT2D eigenvalue weighted by molar-refractivity contribution is -0.172. The monoisotopic (exact) mass is 281 g/mol. The molecule has 0 bridgehead atoms. The fourth-order valence-electron chi connectivity index (χ4n) is 1.40. The van der Waals surface area contributed by atoms with Gasteiger partial charge in [0.05, 0.1) is 0 Å². The Morgan fingerprint density at radius 1 is 1.05 bits per heavy atom. The molecule has 0 aromatic carbocycles. The molecule has 0 aliphatic rings. The van der Waals surface area contributed by atoms with Crippen molar-refractivity contribution in [1.82, 2.24) is 4.90 Å². The summed E-state index contributed by atoms with van der Waals surface area (Å²) in [7, 11) is 0. The summed E-state index contributed by atoms with van der Waals surface area (Å²) in [5.41, 5.74) is 0. The minimum absolute atomic E-state index is 0.287. The number of hydrogen-bond acceptors (Lipinski definition) is 5. The molecule has 1 amide bonds. The molecule has 20 heavy (non-hydrogen) atoms. The molecule has 0 rings (SSSR count). The molecule has 0 aliphatic heterocycles. The third kappa shape index (κ3) is 5.51. The molecule has 6 heteroatoms. The first-order chi connectivity index (χ1) is 9.37. The molecule has 6 nitrogen and oxygen atoms in total. The predicted octanol–water partition coefficient (Wildman–Crippen LogP) is 1.19. The number of esters is 2. The van der Waals surface area contributed by atoms with Crippen LogP contribution in [0, 0.1) is 0 Å². The second-order valence-electron chi connectivity index (χ2n) is 3.97. The van der Waals surface area contributed by atoms with Crippen molar-refractivity contribution in [2.24, 2.45) is 0 Å². The number of carbonyl (C=O) groups is 3. The second-order valence-corrected chi connectivity index (χ2v) is 3.97. The van der Waals surface area contributed by atoms with Gasteiger partial charge < -0.3 is 9.47 Å². The van der Waals surface area contributed by atoms with Gasteiger partial charge in [-0.15, -0.1) is 0 Å². The van der Waals surface area contributed by atoms with E-state index in [2.05, 4.69) is 19.7 Å². The first kappa shape index (κ1) is 17.6. The molecular weight excluding hydrogens is 262 g/mol. The van der Waals surface area contributed by atoms with Gasteiger partial charge in [0.25, 0.3) is 0 Å². The van der Waals surface area contributed by atoms with E-state index in [1.165, 1.54) is 4.90 Å². The summed E-state index contributed by atoms with van der Waals surface area (Å²) in [4.78, 5) is 35.4. The van der Waals surface area contributed by atoms with Crippen molar-refractivity contribution in [3.05, 3.63) is 38.0 Å². The van der Waals surface area contributed by atoms with E-state index in [9.17, 15) is 14.4 Å². The maximum Gasteiger partial charge on any atom is 0.332 e. The van der Waals surface area contributed by atoms with Crippen LogP contribution in [0.1, 0.15) is 13.8 Å². The highest BCUT2D eigenvalue weighted by Crippen LogP contribution is 2.10. The molecule has 0 saturated carbocycles. The summed E-state index contributed by atoms with van der Waals surface area (Å²) in [5.74, 6) is -1.86. The van der Waals surface area contributed by atoms with Gasteiger partial charge in [0.2, 0.25) is 12.1 Å². The number of amides is 1. The first-order valence-electron chi connectivity index (χ1n) is 5.94. The number of hydrogen-bond donors (Lipinski definition) is 0. The third-order valence-electron chi connectivity index (χ3n) is 2.25. The molecule has 0 spiro atoms. The molecule has 0 aromatic heterocycles. The quantitative estimate of drug-likeness (QED) is 0.379. The minimum Gasteiger partial charge on any atom is -0.456 e. The topological polar surface area (TPSA) is 72.9 Å². The largest absolute Gasteiger partial charge is 0.456 e. The van der Waals surface area contributed by atoms with Crippen molar-refractivity contribution in [2.75, 3.05) is 6.61 Å². The summed E-state index contributed by atoms with van der Waals surface area (Å²) in [5, 5.41) is 0. The van der Waals surface area contributed by atoms with E-state index in [-0.39, 0.29) is 12.6 Å². The predicted molar refractivity (Wildman–Crippen MR) is 73.4 cm³/mol. The zero-order chi connectivity index (χ0) is 15.7. The molecule has 0 N–H and O–H groups in total. The molecule has 0 fully saturated rings. The Kier molecular flexibility index (Phi) is 7.65. The van der Waals surface area contributed by atoms with Crippen molar-refractivity contribution >= 4 is 17.8 Å². The van der Waals surface area contributed by atoms with Gasteiger partial charge in [-0.25, -0.2) is 9.59 Å². The van der Waals surface area contributed by atoms with Gasteiger partial charge in [0, 0.05) is 18.2 Å². The number of ether oxygens (including phenoxy) is 2. The van der Waals surface area contributed by atoms with Crippen LogP contribution in [0.3, 0.4) is 0 Å². The van der Waals surface area contributed by atoms with Crippen molar-refractivity contribution in [3.63, 3.8) is 0 Å². The lowest BCUT2D eigenvalue weighted by atomic mass is 10.3. The maximum atomic E-state index is 11.8. The number of nitrogens with zero attached hydrogens (tertiary/aromatic N) is 1. The Morgan fingerprint density at radius 2 is 1.60 bits per heavy atom. The van der Waals surface area contributed by atoms with Crippen LogP contribution in [-0.4, -0.2) is 41.6 Å². The number of rotatable bonds is 8. The van der Waals surface area contributed by atoms with Gasteiger partial charge in [0.1, 0.15) is 6.61 Å². The van der Waals surface area contributed by atoms with E-state index >= 15 is 0 Å². The van der Waals surface area contributed by atoms with Gasteiger partial charge in [0.15, 0.2) is 0 Å². The highest BCUT2D eigenvalue weighted by Gasteiger charge is 2.28. The van der Waals surface area contributed by atoms with Gasteiger partial charge in [-0.1, -0.05) is 19.7 Å². The standard InChI is InChI=1S/C14H19NO5/c1-6-11(16)15(10(4)5)12(20-14(18)8-3)9-19-13(17)7-2/h6-8,10,12H,1-3,9H2,4-5H3. The van der Waals surface area contributed by atoms with Crippen LogP contribution in [0.4, 0.5) is 0 Å². The zero-order valence-corrected chi connectivity index (χ0v) is 11.7. The van der Waals surface area contributed by atoms with Crippen molar-refractivity contribution < 1.29 is 23.9 Å². The lowest BCUT2D eigenvalue weighted by Crippen LogP contribution is -2.48. The van der Waals surface area contributed by atoms with Crippen LogP contribution in [0.25, 0.3) is 0 Å². The highest BCUT2D eigenvalue weighted by atomic mass is 16.6. The normalized spacial score (nSPS) is 11.2. The van der Waals surface area contributed by atoms with Gasteiger partial charge in [-0.2, -0.15) is 0 Å². The lowest BCUT2D eigenvalue weighted by Gasteiger charge is -2.32. The summed E-state index contributed by atoms with van der Waals surface area (Å²) in [6.07, 6.45) is 1.96. The second kappa shape index (κ2) is 8.68. The fraction of sp³-hybridized carbons (Fsp3) is 0.357. The van der Waals surface area contributed by atoms with Gasteiger partial charge in [-0.3, -0.25) is 9.69 Å². The van der Waals surface area contributed by atoms with Crippen molar-refractivity contribution in [1.29, 1.82) is 0 Å². The van der Waals surface area contributed by atoms with Crippen LogP contribution in [-0.2, 0) is 23.9 Å². The third-order valence-corrected chi connectivity index (χ3v) is 2.25. The molecular formula is C14H19NO5. The maximum absolute atomic E-state index is 11.8. The van der Waals surface area contributed by atoms with Crippen molar-refractivity contribution in [2.45, 2.75) is 26.1 Å². The van der Waals surface area contributed by atoms with E-state index < -0.39 is 24.1 Å². The summed E-state index contributed by atoms with van der Waals surface area (Å²) in [6.45, 7) is 13.1. The first-order valence-corrected chi connectivity index (χ1v) is 5.94. The van der Waals surface area contributed by atoms with E-state index in [1.807, 2.05) is 0 Å². The van der Waals surface area contributed by atoms with Crippen molar-refractivity contribution in [3.8, 4) is 0 Å². The molecule has 0 aliphatic carbocycles. The minimum atomic E-state index is -1.06. The molecule has 1 atom stereocenters. The molecule has 0 radical (unpaired) electrons. The molecule has 0 saturated heterocycles. The summed E-state index contributed by atoms with van der Waals surface area (Å²) >= 11 is 0. The Morgan fingerprint density at radius 3 is 2.00 bits per heavy atom. The molecule has 1 unspecified atom stereocenters. The summed E-state index contributed by atoms with van der Waals surface area (Å²) in [6, 6.07) is -0.287. The van der Waals surface area contributed by atoms with Crippen LogP contribution in [0.15, 0.2) is 38.0 Å². The smallest absolute Gasteiger partial charge is 0.332 e. The Labute approximate surface area is 118 Å². The fourth-order valence-corrected chi connectivity index (χ4v) is 1.40. The van der Waals surface area contributed by atoms with Gasteiger partial charge >= 0.3 is 11.9 Å². The zero-order valence-electron chi connectivity index (χ0n) is 11.7. The van der Waals surface area contributed by atoms with E-state index in [0.717, 1.165) is 18.2 Å². The average Bonchev–Trinajstić information content (AvgIpc) is 2.43. The average molecular weight is 281 g/mol. The molecule has 110 valence electrons. The SMILES string of the molecule is C=CC(=O)OCC(OC(=O)C=C)N(C(=O)C=C)C(C)C. The van der Waals surface area contributed by atoms with E-state index in [1.54, 1.807) is 13.8 Å². The van der Waals surface area contributed by atoms with Crippen LogP contribution >= 0.6 is 0 Å². The highest BCUT2D eigenvalue weighted by molar-refractivity contribution is 5.88. The van der Waals surface area contributed by atoms with Crippen LogP contribution in [0.5, 0.6) is 0 Å². The molecule has 0 aromatic rings. The van der Waals surface area contributed by atoms with E-state index in [4.69, 9.17) is 9.47 Å². The van der Waals surface area contributed by atoms with Crippen LogP contribution in [0.2, 0.25) is 0 Å². The Balaban J connectivity index is 5.12. The molecule has 0 heterocycles. The van der Waals surface area contributed by atoms with E-state index in [0.29, 0.717) is 0 Å². The van der Waals surface area contributed by atoms with Crippen LogP contribution < -0.4 is 0 Å². The Hall–Kier alpha value is -2.37. The Bertz CT molecular complexity index is 414. The summed E-state index contributed by atoms with van der Waals surface area (Å²) < 4.78 is 9.86. The van der Waals surface area contributed by atoms with Gasteiger partial charge in [-0.05, 0) is 19.9 Å². The number of carbonyl (C=O) groups excluding carboxylic acids is 3.